The SMILES string of the molecule is Cn1c(CBr)nnc1-c1cccc(F)c1Br. The first-order valence-electron chi connectivity index (χ1n) is 4.53. The van der Waals surface area contributed by atoms with Gasteiger partial charge < -0.3 is 4.57 Å². The Balaban J connectivity index is 2.59. The van der Waals surface area contributed by atoms with Crippen molar-refractivity contribution in [2.24, 2.45) is 7.05 Å². The Morgan fingerprint density at radius 3 is 2.75 bits per heavy atom. The van der Waals surface area contributed by atoms with E-state index in [-0.39, 0.29) is 5.82 Å². The van der Waals surface area contributed by atoms with Crippen LogP contribution in [0.15, 0.2) is 22.7 Å². The van der Waals surface area contributed by atoms with Crippen molar-refractivity contribution in [3.63, 3.8) is 0 Å². The van der Waals surface area contributed by atoms with E-state index in [2.05, 4.69) is 42.1 Å². The fourth-order valence-electron chi connectivity index (χ4n) is 1.39. The highest BCUT2D eigenvalue weighted by Crippen LogP contribution is 2.29. The summed E-state index contributed by atoms with van der Waals surface area (Å²) >= 11 is 6.53. The number of nitrogens with zero attached hydrogens (tertiary/aromatic N) is 3. The minimum atomic E-state index is -0.305. The van der Waals surface area contributed by atoms with Gasteiger partial charge in [0.1, 0.15) is 11.6 Å². The largest absolute Gasteiger partial charge is 0.313 e. The number of halogens is 3. The molecule has 6 heteroatoms. The average Bonchev–Trinajstić information content (AvgIpc) is 2.64. The number of rotatable bonds is 2. The smallest absolute Gasteiger partial charge is 0.164 e. The number of aromatic nitrogens is 3. The van der Waals surface area contributed by atoms with Gasteiger partial charge in [-0.15, -0.1) is 10.2 Å². The maximum Gasteiger partial charge on any atom is 0.164 e. The predicted molar refractivity (Wildman–Crippen MR) is 66.7 cm³/mol. The first-order valence-corrected chi connectivity index (χ1v) is 6.45. The van der Waals surface area contributed by atoms with Gasteiger partial charge in [0, 0.05) is 12.6 Å². The molecule has 84 valence electrons. The summed E-state index contributed by atoms with van der Waals surface area (Å²) in [5.74, 6) is 1.13. The molecule has 0 aliphatic carbocycles. The van der Waals surface area contributed by atoms with E-state index < -0.39 is 0 Å². The van der Waals surface area contributed by atoms with Crippen LogP contribution in [0, 0.1) is 5.82 Å². The van der Waals surface area contributed by atoms with Gasteiger partial charge in [-0.1, -0.05) is 22.0 Å². The fourth-order valence-corrected chi connectivity index (χ4v) is 2.32. The summed E-state index contributed by atoms with van der Waals surface area (Å²) in [5, 5.41) is 8.66. The van der Waals surface area contributed by atoms with Crippen molar-refractivity contribution in [3.8, 4) is 11.4 Å². The van der Waals surface area contributed by atoms with Crippen molar-refractivity contribution < 1.29 is 4.39 Å². The molecule has 0 aliphatic heterocycles. The molecule has 2 rings (SSSR count). The molecule has 0 N–H and O–H groups in total. The highest BCUT2D eigenvalue weighted by molar-refractivity contribution is 9.10. The van der Waals surface area contributed by atoms with Crippen LogP contribution in [0.25, 0.3) is 11.4 Å². The van der Waals surface area contributed by atoms with Crippen LogP contribution < -0.4 is 0 Å². The highest BCUT2D eigenvalue weighted by atomic mass is 79.9. The highest BCUT2D eigenvalue weighted by Gasteiger charge is 2.14. The van der Waals surface area contributed by atoms with Crippen molar-refractivity contribution in [2.45, 2.75) is 5.33 Å². The zero-order valence-corrected chi connectivity index (χ0v) is 11.6. The van der Waals surface area contributed by atoms with Crippen LogP contribution in [0.1, 0.15) is 5.82 Å². The van der Waals surface area contributed by atoms with Crippen molar-refractivity contribution in [1.29, 1.82) is 0 Å². The first-order chi connectivity index (χ1) is 7.65. The summed E-state index contributed by atoms with van der Waals surface area (Å²) in [4.78, 5) is 0. The Kier molecular flexibility index (Phi) is 3.39. The van der Waals surface area contributed by atoms with Crippen LogP contribution in [-0.4, -0.2) is 14.8 Å². The van der Waals surface area contributed by atoms with E-state index in [4.69, 9.17) is 0 Å². The summed E-state index contributed by atoms with van der Waals surface area (Å²) in [6.45, 7) is 0. The monoisotopic (exact) mass is 347 g/mol. The zero-order valence-electron chi connectivity index (χ0n) is 8.41. The molecule has 0 fully saturated rings. The third-order valence-corrected chi connectivity index (χ3v) is 3.58. The fraction of sp³-hybridized carbons (Fsp3) is 0.200. The van der Waals surface area contributed by atoms with E-state index in [1.807, 2.05) is 11.6 Å². The Bertz CT molecular complexity index is 525. The van der Waals surface area contributed by atoms with Gasteiger partial charge in [0.2, 0.25) is 0 Å². The predicted octanol–water partition coefficient (Wildman–Crippen LogP) is 3.28. The second kappa shape index (κ2) is 4.63. The first kappa shape index (κ1) is 11.7. The molecule has 0 unspecified atom stereocenters. The summed E-state index contributed by atoms with van der Waals surface area (Å²) in [6.07, 6.45) is 0. The molecule has 0 atom stereocenters. The van der Waals surface area contributed by atoms with Crippen LogP contribution >= 0.6 is 31.9 Å². The van der Waals surface area contributed by atoms with Crippen molar-refractivity contribution in [3.05, 3.63) is 34.3 Å². The lowest BCUT2D eigenvalue weighted by Crippen LogP contribution is -1.98. The number of benzene rings is 1. The van der Waals surface area contributed by atoms with Crippen LogP contribution in [-0.2, 0) is 12.4 Å². The molecule has 0 spiro atoms. The Morgan fingerprint density at radius 2 is 2.12 bits per heavy atom. The van der Waals surface area contributed by atoms with E-state index in [0.717, 1.165) is 5.82 Å². The molecule has 0 saturated carbocycles. The molecule has 0 amide bonds. The third kappa shape index (κ3) is 1.91. The van der Waals surface area contributed by atoms with Crippen molar-refractivity contribution >= 4 is 31.9 Å². The molecule has 0 saturated heterocycles. The van der Waals surface area contributed by atoms with Crippen LogP contribution in [0.4, 0.5) is 4.39 Å². The molecule has 0 aliphatic rings. The van der Waals surface area contributed by atoms with Gasteiger partial charge >= 0.3 is 0 Å². The molecule has 1 aromatic heterocycles. The standard InChI is InChI=1S/C10H8Br2FN3/c1-16-8(5-11)14-15-10(16)6-3-2-4-7(13)9(6)12/h2-4H,5H2,1H3. The molecule has 1 heterocycles. The van der Waals surface area contributed by atoms with Crippen LogP contribution in [0.3, 0.4) is 0 Å². The molecular weight excluding hydrogens is 341 g/mol. The van der Waals surface area contributed by atoms with Crippen LogP contribution in [0.2, 0.25) is 0 Å². The quantitative estimate of drug-likeness (QED) is 0.780. The average molecular weight is 349 g/mol. The number of alkyl halides is 1. The Morgan fingerprint density at radius 1 is 1.38 bits per heavy atom. The minimum absolute atomic E-state index is 0.305. The van der Waals surface area contributed by atoms with E-state index in [1.54, 1.807) is 12.1 Å². The zero-order chi connectivity index (χ0) is 11.7. The summed E-state index contributed by atoms with van der Waals surface area (Å²) in [6, 6.07) is 4.85. The summed E-state index contributed by atoms with van der Waals surface area (Å²) in [5.41, 5.74) is 0.696. The lowest BCUT2D eigenvalue weighted by atomic mass is 10.2. The van der Waals surface area contributed by atoms with E-state index in [0.29, 0.717) is 21.2 Å². The molecule has 0 radical (unpaired) electrons. The van der Waals surface area contributed by atoms with Crippen molar-refractivity contribution in [1.82, 2.24) is 14.8 Å². The second-order valence-corrected chi connectivity index (χ2v) is 4.59. The summed E-state index contributed by atoms with van der Waals surface area (Å²) < 4.78 is 15.6. The minimum Gasteiger partial charge on any atom is -0.313 e. The topological polar surface area (TPSA) is 30.7 Å². The van der Waals surface area contributed by atoms with E-state index >= 15 is 0 Å². The van der Waals surface area contributed by atoms with Crippen molar-refractivity contribution in [2.75, 3.05) is 0 Å². The van der Waals surface area contributed by atoms with Gasteiger partial charge in [0.25, 0.3) is 0 Å². The van der Waals surface area contributed by atoms with Gasteiger partial charge in [-0.3, -0.25) is 0 Å². The van der Waals surface area contributed by atoms with Gasteiger partial charge in [-0.25, -0.2) is 4.39 Å². The summed E-state index contributed by atoms with van der Waals surface area (Å²) in [7, 11) is 1.85. The van der Waals surface area contributed by atoms with Crippen LogP contribution in [0.5, 0.6) is 0 Å². The van der Waals surface area contributed by atoms with Gasteiger partial charge in [-0.05, 0) is 28.1 Å². The third-order valence-electron chi connectivity index (χ3n) is 2.28. The normalized spacial score (nSPS) is 10.8. The maximum atomic E-state index is 13.4. The molecular formula is C10H8Br2FN3. The Hall–Kier alpha value is -0.750. The molecule has 1 aromatic carbocycles. The van der Waals surface area contributed by atoms with Gasteiger partial charge in [0.15, 0.2) is 5.82 Å². The molecule has 3 nitrogen and oxygen atoms in total. The number of hydrogen-bond acceptors (Lipinski definition) is 2. The van der Waals surface area contributed by atoms with Gasteiger partial charge in [0.05, 0.1) is 9.80 Å². The van der Waals surface area contributed by atoms with E-state index in [1.165, 1.54) is 6.07 Å². The Labute approximate surface area is 109 Å². The van der Waals surface area contributed by atoms with E-state index in [9.17, 15) is 4.39 Å². The lowest BCUT2D eigenvalue weighted by Gasteiger charge is -2.05. The molecule has 2 aromatic rings. The maximum absolute atomic E-state index is 13.4. The number of hydrogen-bond donors (Lipinski definition) is 0. The lowest BCUT2D eigenvalue weighted by molar-refractivity contribution is 0.621. The molecule has 0 bridgehead atoms. The van der Waals surface area contributed by atoms with Gasteiger partial charge in [-0.2, -0.15) is 0 Å². The molecule has 16 heavy (non-hydrogen) atoms. The second-order valence-electron chi connectivity index (χ2n) is 3.23.